The Morgan fingerprint density at radius 3 is 1.09 bits per heavy atom. The second kappa shape index (κ2) is 17.6. The quantitative estimate of drug-likeness (QED) is 0.250. The molecule has 0 aliphatic heterocycles. The van der Waals surface area contributed by atoms with Gasteiger partial charge in [0.25, 0.3) is 0 Å². The first-order valence-electron chi connectivity index (χ1n) is 7.82. The van der Waals surface area contributed by atoms with E-state index in [0.29, 0.717) is 12.2 Å². The molecule has 0 aliphatic carbocycles. The van der Waals surface area contributed by atoms with Crippen LogP contribution in [0, 0.1) is 0 Å². The summed E-state index contributed by atoms with van der Waals surface area (Å²) < 4.78 is 1.38. The van der Waals surface area contributed by atoms with Crippen molar-refractivity contribution in [2.75, 3.05) is 26.2 Å². The van der Waals surface area contributed by atoms with Crippen molar-refractivity contribution in [3.8, 4) is 0 Å². The molecule has 0 atom stereocenters. The number of carbonyl (C=O) groups is 2. The van der Waals surface area contributed by atoms with E-state index in [1.807, 2.05) is 0 Å². The molecule has 0 saturated carbocycles. The fourth-order valence-corrected chi connectivity index (χ4v) is 2.70. The van der Waals surface area contributed by atoms with Gasteiger partial charge >= 0.3 is 51.4 Å². The van der Waals surface area contributed by atoms with E-state index in [4.69, 9.17) is 0 Å². The number of quaternary nitrogens is 1. The molecule has 0 saturated heterocycles. The number of hydrogen-bond donors (Lipinski definition) is 0. The molecule has 0 heterocycles. The molecule has 0 spiro atoms. The molecule has 22 heavy (non-hydrogen) atoms. The van der Waals surface area contributed by atoms with E-state index in [2.05, 4.69) is 27.7 Å². The van der Waals surface area contributed by atoms with Crippen LogP contribution in [0.2, 0.25) is 0 Å². The predicted octanol–water partition coefficient (Wildman–Crippen LogP) is -2.51. The SMILES string of the molecule is CCC[N+](CCC)(CCC)CCC.O=C([O-])/C=C\C(=O)[O-].[K+]. The third kappa shape index (κ3) is 16.6. The summed E-state index contributed by atoms with van der Waals surface area (Å²) in [5.74, 6) is -3.09. The molecule has 0 radical (unpaired) electrons. The largest absolute Gasteiger partial charge is 1.00 e. The minimum Gasteiger partial charge on any atom is -0.545 e. The smallest absolute Gasteiger partial charge is 0.545 e. The molecule has 0 rings (SSSR count). The normalized spacial score (nSPS) is 10.5. The summed E-state index contributed by atoms with van der Waals surface area (Å²) in [6.07, 6.45) is 6.10. The van der Waals surface area contributed by atoms with Gasteiger partial charge in [-0.3, -0.25) is 0 Å². The molecule has 0 amide bonds. The molecular formula is C16H30KNO4. The van der Waals surface area contributed by atoms with Crippen molar-refractivity contribution in [2.24, 2.45) is 0 Å². The Morgan fingerprint density at radius 2 is 0.955 bits per heavy atom. The summed E-state index contributed by atoms with van der Waals surface area (Å²) in [7, 11) is 0. The van der Waals surface area contributed by atoms with Crippen LogP contribution in [0.25, 0.3) is 0 Å². The van der Waals surface area contributed by atoms with Crippen molar-refractivity contribution in [3.63, 3.8) is 0 Å². The van der Waals surface area contributed by atoms with Gasteiger partial charge in [-0.2, -0.15) is 0 Å². The van der Waals surface area contributed by atoms with Gasteiger partial charge in [0.15, 0.2) is 0 Å². The monoisotopic (exact) mass is 339 g/mol. The fraction of sp³-hybridized carbons (Fsp3) is 0.750. The molecule has 0 aromatic carbocycles. The van der Waals surface area contributed by atoms with Crippen LogP contribution in [0.4, 0.5) is 0 Å². The first-order valence-corrected chi connectivity index (χ1v) is 7.82. The van der Waals surface area contributed by atoms with Gasteiger partial charge in [-0.25, -0.2) is 0 Å². The maximum absolute atomic E-state index is 9.41. The van der Waals surface area contributed by atoms with Crippen LogP contribution in [0.3, 0.4) is 0 Å². The van der Waals surface area contributed by atoms with Crippen LogP contribution >= 0.6 is 0 Å². The van der Waals surface area contributed by atoms with Crippen molar-refractivity contribution in [2.45, 2.75) is 53.4 Å². The van der Waals surface area contributed by atoms with Crippen LogP contribution in [-0.2, 0) is 9.59 Å². The average molecular weight is 340 g/mol. The second-order valence-electron chi connectivity index (χ2n) is 5.21. The summed E-state index contributed by atoms with van der Waals surface area (Å²) >= 11 is 0. The summed E-state index contributed by atoms with van der Waals surface area (Å²) in [4.78, 5) is 18.8. The maximum Gasteiger partial charge on any atom is 1.00 e. The van der Waals surface area contributed by atoms with Gasteiger partial charge in [0, 0.05) is 0 Å². The van der Waals surface area contributed by atoms with Gasteiger partial charge in [-0.1, -0.05) is 27.7 Å². The number of carboxylic acids is 2. The molecule has 0 N–H and O–H groups in total. The van der Waals surface area contributed by atoms with E-state index in [0.717, 1.165) is 0 Å². The first kappa shape index (κ1) is 27.1. The van der Waals surface area contributed by atoms with Crippen LogP contribution in [-0.4, -0.2) is 42.6 Å². The number of nitrogens with zero attached hydrogens (tertiary/aromatic N) is 1. The molecule has 0 unspecified atom stereocenters. The molecule has 0 aromatic rings. The van der Waals surface area contributed by atoms with E-state index in [9.17, 15) is 19.8 Å². The summed E-state index contributed by atoms with van der Waals surface area (Å²) in [6.45, 7) is 14.8. The standard InChI is InChI=1S/C12H28N.C4H4O4.K/c1-5-9-13(10-6-2,11-7-3)12-8-4;5-3(6)1-2-4(7)8;/h5-12H2,1-4H3;1-2H,(H,5,6)(H,7,8);/q+1;;+1/p-2/b;2-1-;. The predicted molar refractivity (Wildman–Crippen MR) is 80.0 cm³/mol. The van der Waals surface area contributed by atoms with Gasteiger partial charge in [0.1, 0.15) is 0 Å². The van der Waals surface area contributed by atoms with E-state index < -0.39 is 11.9 Å². The van der Waals surface area contributed by atoms with Crippen molar-refractivity contribution >= 4 is 11.9 Å². The molecular weight excluding hydrogens is 309 g/mol. The summed E-state index contributed by atoms with van der Waals surface area (Å²) in [5.41, 5.74) is 0. The molecule has 124 valence electrons. The Balaban J connectivity index is -0.000000348. The zero-order chi connectivity index (χ0) is 16.7. The Labute approximate surface area is 177 Å². The van der Waals surface area contributed by atoms with Crippen LogP contribution in [0.15, 0.2) is 12.2 Å². The fourth-order valence-electron chi connectivity index (χ4n) is 2.70. The number of carbonyl (C=O) groups excluding carboxylic acids is 2. The van der Waals surface area contributed by atoms with Gasteiger partial charge in [0.2, 0.25) is 0 Å². The third-order valence-electron chi connectivity index (χ3n) is 3.15. The first-order chi connectivity index (χ1) is 9.87. The zero-order valence-corrected chi connectivity index (χ0v) is 18.0. The Hall–Kier alpha value is 0.276. The number of aliphatic carboxylic acids is 2. The number of hydrogen-bond acceptors (Lipinski definition) is 4. The molecule has 5 nitrogen and oxygen atoms in total. The Kier molecular flexibility index (Phi) is 21.7. The molecule has 0 aromatic heterocycles. The van der Waals surface area contributed by atoms with Crippen LogP contribution in [0.5, 0.6) is 0 Å². The minimum atomic E-state index is -1.55. The molecule has 0 aliphatic rings. The van der Waals surface area contributed by atoms with E-state index in [1.54, 1.807) is 0 Å². The van der Waals surface area contributed by atoms with Crippen LogP contribution in [0.1, 0.15) is 53.4 Å². The van der Waals surface area contributed by atoms with E-state index >= 15 is 0 Å². The minimum absolute atomic E-state index is 0. The third-order valence-corrected chi connectivity index (χ3v) is 3.15. The van der Waals surface area contributed by atoms with Gasteiger partial charge in [-0.15, -0.1) is 0 Å². The van der Waals surface area contributed by atoms with Gasteiger partial charge < -0.3 is 24.3 Å². The topological polar surface area (TPSA) is 80.3 Å². The zero-order valence-electron chi connectivity index (χ0n) is 14.9. The Bertz CT molecular complexity index is 274. The molecule has 6 heteroatoms. The van der Waals surface area contributed by atoms with Crippen LogP contribution < -0.4 is 61.6 Å². The van der Waals surface area contributed by atoms with Crippen molar-refractivity contribution in [3.05, 3.63) is 12.2 Å². The summed E-state index contributed by atoms with van der Waals surface area (Å²) in [6, 6.07) is 0. The number of carboxylic acid groups (broad SMARTS) is 2. The van der Waals surface area contributed by atoms with E-state index in [-0.39, 0.29) is 51.4 Å². The Morgan fingerprint density at radius 1 is 0.727 bits per heavy atom. The van der Waals surface area contributed by atoms with Crippen molar-refractivity contribution < 1.29 is 75.7 Å². The maximum atomic E-state index is 9.41. The summed E-state index contributed by atoms with van der Waals surface area (Å²) in [5, 5.41) is 18.8. The van der Waals surface area contributed by atoms with Crippen molar-refractivity contribution in [1.82, 2.24) is 0 Å². The number of rotatable bonds is 10. The average Bonchev–Trinajstić information content (AvgIpc) is 2.38. The van der Waals surface area contributed by atoms with Gasteiger partial charge in [-0.05, 0) is 37.8 Å². The molecule has 0 fully saturated rings. The second-order valence-corrected chi connectivity index (χ2v) is 5.21. The van der Waals surface area contributed by atoms with E-state index in [1.165, 1.54) is 56.3 Å². The van der Waals surface area contributed by atoms with Gasteiger partial charge in [0.05, 0.1) is 38.1 Å². The van der Waals surface area contributed by atoms with Crippen molar-refractivity contribution in [1.29, 1.82) is 0 Å². The molecule has 0 bridgehead atoms.